The summed E-state index contributed by atoms with van der Waals surface area (Å²) in [5.41, 5.74) is 3.92. The number of aryl methyl sites for hydroxylation is 2. The van der Waals surface area contributed by atoms with E-state index in [1.807, 2.05) is 37.4 Å². The minimum absolute atomic E-state index is 0.0845. The molecule has 0 fully saturated rings. The average molecular weight is 482 g/mol. The van der Waals surface area contributed by atoms with Crippen molar-refractivity contribution in [3.63, 3.8) is 0 Å². The Labute approximate surface area is 199 Å². The Morgan fingerprint density at radius 3 is 2.48 bits per heavy atom. The van der Waals surface area contributed by atoms with E-state index in [0.29, 0.717) is 32.6 Å². The van der Waals surface area contributed by atoms with Crippen LogP contribution >= 0.6 is 23.1 Å². The number of hydrogen-bond donors (Lipinski definition) is 1. The first-order valence-electron chi connectivity index (χ1n) is 10.1. The van der Waals surface area contributed by atoms with E-state index in [9.17, 15) is 9.59 Å². The van der Waals surface area contributed by atoms with E-state index in [1.54, 1.807) is 29.9 Å². The van der Waals surface area contributed by atoms with Crippen molar-refractivity contribution < 1.29 is 14.3 Å². The van der Waals surface area contributed by atoms with Crippen molar-refractivity contribution in [1.82, 2.24) is 9.55 Å². The Hall–Kier alpha value is -3.30. The number of ether oxygens (including phenoxy) is 2. The smallest absolute Gasteiger partial charge is 0.276 e. The maximum absolute atomic E-state index is 13.3. The van der Waals surface area contributed by atoms with E-state index in [0.717, 1.165) is 16.8 Å². The van der Waals surface area contributed by atoms with Gasteiger partial charge in [0.25, 0.3) is 5.56 Å². The van der Waals surface area contributed by atoms with E-state index in [1.165, 1.54) is 30.2 Å². The highest BCUT2D eigenvalue weighted by Gasteiger charge is 2.16. The Balaban J connectivity index is 1.62. The van der Waals surface area contributed by atoms with Crippen LogP contribution in [0.1, 0.15) is 11.1 Å². The Kier molecular flexibility index (Phi) is 6.71. The van der Waals surface area contributed by atoms with Gasteiger partial charge in [-0.1, -0.05) is 17.8 Å². The number of fused-ring (bicyclic) bond motifs is 1. The van der Waals surface area contributed by atoms with E-state index >= 15 is 0 Å². The van der Waals surface area contributed by atoms with Crippen molar-refractivity contribution >= 4 is 44.9 Å². The topological polar surface area (TPSA) is 82.5 Å². The molecule has 0 saturated heterocycles. The molecule has 0 radical (unpaired) electrons. The minimum Gasteiger partial charge on any atom is -0.493 e. The van der Waals surface area contributed by atoms with Gasteiger partial charge >= 0.3 is 0 Å². The molecule has 0 spiro atoms. The van der Waals surface area contributed by atoms with Gasteiger partial charge in [0, 0.05) is 11.8 Å². The SMILES string of the molecule is COc1ccc(NC(=O)CSc2nc3ccsc3c(=O)n2-c2cc(C)cc(C)c2)cc1OC. The van der Waals surface area contributed by atoms with Crippen LogP contribution in [0.15, 0.2) is 57.8 Å². The first-order valence-corrected chi connectivity index (χ1v) is 12.0. The van der Waals surface area contributed by atoms with Gasteiger partial charge in [-0.05, 0) is 60.7 Å². The number of nitrogens with zero attached hydrogens (tertiary/aromatic N) is 2. The van der Waals surface area contributed by atoms with Crippen LogP contribution in [-0.2, 0) is 4.79 Å². The molecule has 2 aromatic carbocycles. The third kappa shape index (κ3) is 4.89. The molecule has 9 heteroatoms. The van der Waals surface area contributed by atoms with Crippen LogP contribution in [0.2, 0.25) is 0 Å². The summed E-state index contributed by atoms with van der Waals surface area (Å²) in [6.45, 7) is 3.98. The molecule has 0 bridgehead atoms. The number of carbonyl (C=O) groups excluding carboxylic acids is 1. The number of nitrogens with one attached hydrogen (secondary N) is 1. The molecule has 0 aliphatic heterocycles. The summed E-state index contributed by atoms with van der Waals surface area (Å²) in [4.78, 5) is 30.7. The summed E-state index contributed by atoms with van der Waals surface area (Å²) in [7, 11) is 3.09. The van der Waals surface area contributed by atoms with Crippen LogP contribution in [0, 0.1) is 13.8 Å². The fourth-order valence-corrected chi connectivity index (χ4v) is 5.11. The van der Waals surface area contributed by atoms with Crippen molar-refractivity contribution in [2.24, 2.45) is 0 Å². The standard InChI is InChI=1S/C24H23N3O4S2/c1-14-9-15(2)11-17(10-14)27-23(29)22-18(7-8-32-22)26-24(27)33-13-21(28)25-16-5-6-19(30-3)20(12-16)31-4/h5-12H,13H2,1-4H3,(H,25,28). The summed E-state index contributed by atoms with van der Waals surface area (Å²) in [5.74, 6) is 0.965. The fraction of sp³-hybridized carbons (Fsp3) is 0.208. The number of carbonyl (C=O) groups is 1. The highest BCUT2D eigenvalue weighted by atomic mass is 32.2. The van der Waals surface area contributed by atoms with Crippen molar-refractivity contribution in [2.75, 3.05) is 25.3 Å². The maximum Gasteiger partial charge on any atom is 0.276 e. The normalized spacial score (nSPS) is 10.9. The van der Waals surface area contributed by atoms with Crippen LogP contribution in [0.3, 0.4) is 0 Å². The first-order chi connectivity index (χ1) is 15.9. The van der Waals surface area contributed by atoms with Crippen molar-refractivity contribution in [3.8, 4) is 17.2 Å². The zero-order valence-corrected chi connectivity index (χ0v) is 20.3. The van der Waals surface area contributed by atoms with Crippen LogP contribution in [0.4, 0.5) is 5.69 Å². The van der Waals surface area contributed by atoms with Gasteiger partial charge in [-0.3, -0.25) is 14.2 Å². The lowest BCUT2D eigenvalue weighted by Crippen LogP contribution is -2.22. The van der Waals surface area contributed by atoms with E-state index in [2.05, 4.69) is 16.4 Å². The second-order valence-corrected chi connectivity index (χ2v) is 9.28. The second kappa shape index (κ2) is 9.68. The molecule has 2 aromatic heterocycles. The van der Waals surface area contributed by atoms with E-state index in [-0.39, 0.29) is 17.2 Å². The number of amides is 1. The molecule has 0 saturated carbocycles. The zero-order chi connectivity index (χ0) is 23.5. The van der Waals surface area contributed by atoms with Crippen LogP contribution < -0.4 is 20.3 Å². The van der Waals surface area contributed by atoms with Gasteiger partial charge in [-0.25, -0.2) is 4.98 Å². The molecule has 1 amide bonds. The van der Waals surface area contributed by atoms with E-state index in [4.69, 9.17) is 9.47 Å². The van der Waals surface area contributed by atoms with Crippen molar-refractivity contribution in [3.05, 3.63) is 69.3 Å². The molecule has 0 aliphatic rings. The molecule has 0 unspecified atom stereocenters. The lowest BCUT2D eigenvalue weighted by atomic mass is 10.1. The number of benzene rings is 2. The zero-order valence-electron chi connectivity index (χ0n) is 18.7. The minimum atomic E-state index is -0.223. The predicted molar refractivity (Wildman–Crippen MR) is 134 cm³/mol. The molecule has 0 aliphatic carbocycles. The van der Waals surface area contributed by atoms with Gasteiger partial charge < -0.3 is 14.8 Å². The van der Waals surface area contributed by atoms with Gasteiger partial charge in [0.2, 0.25) is 5.91 Å². The first kappa shape index (κ1) is 22.9. The van der Waals surface area contributed by atoms with Gasteiger partial charge in [0.15, 0.2) is 16.7 Å². The number of aromatic nitrogens is 2. The number of anilines is 1. The van der Waals surface area contributed by atoms with Gasteiger partial charge in [0.1, 0.15) is 4.70 Å². The molecule has 0 atom stereocenters. The highest BCUT2D eigenvalue weighted by molar-refractivity contribution is 7.99. The summed E-state index contributed by atoms with van der Waals surface area (Å²) >= 11 is 2.59. The number of thiophene rings is 1. The summed E-state index contributed by atoms with van der Waals surface area (Å²) < 4.78 is 12.7. The van der Waals surface area contributed by atoms with Crippen LogP contribution in [-0.4, -0.2) is 35.4 Å². The molecule has 4 aromatic rings. The molecule has 1 N–H and O–H groups in total. The molecule has 2 heterocycles. The number of thioether (sulfide) groups is 1. The average Bonchev–Trinajstić information content (AvgIpc) is 3.26. The lowest BCUT2D eigenvalue weighted by molar-refractivity contribution is -0.113. The molecular formula is C24H23N3O4S2. The van der Waals surface area contributed by atoms with Crippen LogP contribution in [0.5, 0.6) is 11.5 Å². The number of rotatable bonds is 7. The molecule has 7 nitrogen and oxygen atoms in total. The second-order valence-electron chi connectivity index (χ2n) is 7.42. The highest BCUT2D eigenvalue weighted by Crippen LogP contribution is 2.30. The Morgan fingerprint density at radius 2 is 1.79 bits per heavy atom. The number of hydrogen-bond acceptors (Lipinski definition) is 7. The predicted octanol–water partition coefficient (Wildman–Crippen LogP) is 4.81. The fourth-order valence-electron chi connectivity index (χ4n) is 3.54. The van der Waals surface area contributed by atoms with Gasteiger partial charge in [-0.2, -0.15) is 0 Å². The lowest BCUT2D eigenvalue weighted by Gasteiger charge is -2.14. The summed E-state index contributed by atoms with van der Waals surface area (Å²) in [6, 6.07) is 12.9. The van der Waals surface area contributed by atoms with E-state index < -0.39 is 0 Å². The maximum atomic E-state index is 13.3. The largest absolute Gasteiger partial charge is 0.493 e. The van der Waals surface area contributed by atoms with Crippen molar-refractivity contribution in [2.45, 2.75) is 19.0 Å². The van der Waals surface area contributed by atoms with Crippen LogP contribution in [0.25, 0.3) is 15.9 Å². The van der Waals surface area contributed by atoms with Gasteiger partial charge in [-0.15, -0.1) is 11.3 Å². The quantitative estimate of drug-likeness (QED) is 0.301. The van der Waals surface area contributed by atoms with Gasteiger partial charge in [0.05, 0.1) is 31.2 Å². The molecular weight excluding hydrogens is 458 g/mol. The molecule has 4 rings (SSSR count). The monoisotopic (exact) mass is 481 g/mol. The Bertz CT molecular complexity index is 1370. The third-order valence-corrected chi connectivity index (χ3v) is 6.74. The molecule has 170 valence electrons. The summed E-state index contributed by atoms with van der Waals surface area (Å²) in [5, 5.41) is 5.18. The Morgan fingerprint density at radius 1 is 1.06 bits per heavy atom. The molecule has 33 heavy (non-hydrogen) atoms. The van der Waals surface area contributed by atoms with Crippen molar-refractivity contribution in [1.29, 1.82) is 0 Å². The third-order valence-electron chi connectivity index (χ3n) is 4.91. The number of methoxy groups -OCH3 is 2. The summed E-state index contributed by atoms with van der Waals surface area (Å²) in [6.07, 6.45) is 0.